The Labute approximate surface area is 139 Å². The molecule has 6 N–H and O–H groups in total. The Morgan fingerprint density at radius 2 is 2.16 bits per heavy atom. The van der Waals surface area contributed by atoms with Crippen molar-refractivity contribution in [3.05, 3.63) is 16.8 Å². The van der Waals surface area contributed by atoms with Gasteiger partial charge in [0.05, 0.1) is 12.9 Å². The van der Waals surface area contributed by atoms with Crippen molar-refractivity contribution in [3.63, 3.8) is 0 Å². The molecule has 1 aliphatic rings. The van der Waals surface area contributed by atoms with Gasteiger partial charge in [0.1, 0.15) is 29.5 Å². The minimum atomic E-state index is -4.94. The van der Waals surface area contributed by atoms with Gasteiger partial charge in [-0.15, -0.1) is 0 Å². The van der Waals surface area contributed by atoms with Gasteiger partial charge in [-0.25, -0.2) is 14.3 Å². The van der Waals surface area contributed by atoms with E-state index >= 15 is 0 Å². The molecule has 2 aromatic rings. The molecule has 0 radical (unpaired) electrons. The summed E-state index contributed by atoms with van der Waals surface area (Å²) in [5, 5.41) is 19.7. The molecule has 3 heterocycles. The molecule has 1 aliphatic heterocycles. The van der Waals surface area contributed by atoms with Crippen molar-refractivity contribution in [2.24, 2.45) is 7.05 Å². The number of nitrogen functional groups attached to an aromatic ring is 1. The van der Waals surface area contributed by atoms with E-state index in [1.807, 2.05) is 0 Å². The lowest BCUT2D eigenvalue weighted by Crippen LogP contribution is -2.35. The predicted molar refractivity (Wildman–Crippen MR) is 81.1 cm³/mol. The first-order chi connectivity index (χ1) is 11.6. The van der Waals surface area contributed by atoms with Gasteiger partial charge in [0.25, 0.3) is 0 Å². The maximum atomic E-state index is 11.8. The number of hydrogen-bond donors (Lipinski definition) is 5. The summed E-state index contributed by atoms with van der Waals surface area (Å²) in [6.07, 6.45) is -4.27. The van der Waals surface area contributed by atoms with Crippen LogP contribution in [0, 0.1) is 0 Å². The van der Waals surface area contributed by atoms with Crippen LogP contribution in [0.3, 0.4) is 0 Å². The Kier molecular flexibility index (Phi) is 4.41. The normalized spacial score (nSPS) is 27.2. The van der Waals surface area contributed by atoms with Crippen LogP contribution >= 0.6 is 7.82 Å². The smallest absolute Gasteiger partial charge is 0.394 e. The van der Waals surface area contributed by atoms with Crippen molar-refractivity contribution < 1.29 is 33.8 Å². The summed E-state index contributed by atoms with van der Waals surface area (Å²) in [7, 11) is -3.53. The summed E-state index contributed by atoms with van der Waals surface area (Å²) < 4.78 is 23.4. The van der Waals surface area contributed by atoms with Gasteiger partial charge in [-0.3, -0.25) is 13.7 Å². The van der Waals surface area contributed by atoms with Crippen molar-refractivity contribution in [1.29, 1.82) is 0 Å². The Balaban J connectivity index is 2.07. The van der Waals surface area contributed by atoms with Gasteiger partial charge in [-0.2, -0.15) is 4.98 Å². The molecule has 1 fully saturated rings. The van der Waals surface area contributed by atoms with Crippen LogP contribution in [-0.4, -0.2) is 64.0 Å². The van der Waals surface area contributed by atoms with Crippen LogP contribution in [0.1, 0.15) is 6.23 Å². The SMILES string of the molecule is Cn1c(=O)nc(N)c2ncn([C@@H]3O[C@H](CO)[C@@H](OP(=O)(O)O)[C@H]3O)c21. The molecule has 13 nitrogen and oxygen atoms in total. The third-order valence-corrected chi connectivity index (χ3v) is 4.37. The molecule has 25 heavy (non-hydrogen) atoms. The number of nitrogens with zero attached hydrogens (tertiary/aromatic N) is 4. The number of aliphatic hydroxyl groups excluding tert-OH is 2. The van der Waals surface area contributed by atoms with Crippen molar-refractivity contribution in [2.75, 3.05) is 12.3 Å². The number of hydrogen-bond acceptors (Lipinski definition) is 9. The molecule has 0 saturated carbocycles. The van der Waals surface area contributed by atoms with E-state index in [-0.39, 0.29) is 17.0 Å². The van der Waals surface area contributed by atoms with E-state index in [0.717, 1.165) is 4.57 Å². The molecule has 0 amide bonds. The number of anilines is 1. The summed E-state index contributed by atoms with van der Waals surface area (Å²) in [4.78, 5) is 37.4. The Hall–Kier alpha value is -1.86. The number of ether oxygens (including phenoxy) is 1. The lowest BCUT2D eigenvalue weighted by atomic mass is 10.1. The second kappa shape index (κ2) is 6.14. The van der Waals surface area contributed by atoms with Crippen LogP contribution < -0.4 is 11.4 Å². The number of aryl methyl sites for hydroxylation is 1. The van der Waals surface area contributed by atoms with E-state index in [1.54, 1.807) is 0 Å². The van der Waals surface area contributed by atoms with Crippen molar-refractivity contribution >= 4 is 24.8 Å². The van der Waals surface area contributed by atoms with E-state index in [9.17, 15) is 19.6 Å². The third kappa shape index (κ3) is 3.06. The molecule has 0 bridgehead atoms. The number of aliphatic hydroxyl groups is 2. The highest BCUT2D eigenvalue weighted by atomic mass is 31.2. The fourth-order valence-electron chi connectivity index (χ4n) is 2.76. The molecular weight excluding hydrogens is 361 g/mol. The highest BCUT2D eigenvalue weighted by molar-refractivity contribution is 7.46. The zero-order valence-electron chi connectivity index (χ0n) is 12.8. The molecule has 0 aromatic carbocycles. The van der Waals surface area contributed by atoms with Crippen LogP contribution in [0.15, 0.2) is 11.1 Å². The topological polar surface area (TPSA) is 195 Å². The average molecular weight is 377 g/mol. The van der Waals surface area contributed by atoms with Crippen LogP contribution in [0.25, 0.3) is 11.2 Å². The second-order valence-electron chi connectivity index (χ2n) is 5.46. The van der Waals surface area contributed by atoms with Crippen molar-refractivity contribution in [3.8, 4) is 0 Å². The van der Waals surface area contributed by atoms with E-state index in [1.165, 1.54) is 17.9 Å². The largest absolute Gasteiger partial charge is 0.470 e. The van der Waals surface area contributed by atoms with Crippen LogP contribution in [0.5, 0.6) is 0 Å². The monoisotopic (exact) mass is 377 g/mol. The van der Waals surface area contributed by atoms with Crippen molar-refractivity contribution in [1.82, 2.24) is 19.1 Å². The number of aromatic nitrogens is 4. The summed E-state index contributed by atoms with van der Waals surface area (Å²) in [5.74, 6) is -0.119. The predicted octanol–water partition coefficient (Wildman–Crippen LogP) is -2.56. The third-order valence-electron chi connectivity index (χ3n) is 3.85. The number of rotatable bonds is 4. The molecular formula is C11H16N5O8P. The number of phosphoric ester groups is 1. The van der Waals surface area contributed by atoms with Gasteiger partial charge < -0.3 is 30.5 Å². The fourth-order valence-corrected chi connectivity index (χ4v) is 3.34. The first-order valence-electron chi connectivity index (χ1n) is 7.01. The van der Waals surface area contributed by atoms with E-state index in [2.05, 4.69) is 14.5 Å². The van der Waals surface area contributed by atoms with Gasteiger partial charge in [0.15, 0.2) is 12.0 Å². The van der Waals surface area contributed by atoms with Gasteiger partial charge in [-0.05, 0) is 0 Å². The van der Waals surface area contributed by atoms with Gasteiger partial charge in [0, 0.05) is 7.05 Å². The summed E-state index contributed by atoms with van der Waals surface area (Å²) in [6.45, 7) is -0.659. The average Bonchev–Trinajstić information content (AvgIpc) is 3.07. The van der Waals surface area contributed by atoms with E-state index < -0.39 is 44.7 Å². The van der Waals surface area contributed by atoms with Gasteiger partial charge in [-0.1, -0.05) is 0 Å². The Morgan fingerprint density at radius 3 is 2.76 bits per heavy atom. The quantitative estimate of drug-likeness (QED) is 0.352. The van der Waals surface area contributed by atoms with Crippen LogP contribution in [-0.2, 0) is 20.9 Å². The Bertz CT molecular complexity index is 906. The van der Waals surface area contributed by atoms with Gasteiger partial charge >= 0.3 is 13.5 Å². The zero-order valence-corrected chi connectivity index (χ0v) is 13.7. The zero-order chi connectivity index (χ0) is 18.5. The standard InChI is InChI=1S/C11H16N5O8P/c1-15-9-5(8(12)14-11(15)19)13-3-16(9)10-6(18)7(4(2-17)23-10)24-25(20,21)22/h3-4,6-7,10,17-18H,2H2,1H3,(H2,12,14,19)(H2,20,21,22)/t4-,6-,7-,10-/m1/s1. The fraction of sp³-hybridized carbons (Fsp3) is 0.545. The maximum absolute atomic E-state index is 11.8. The number of phosphoric acid groups is 1. The molecule has 0 spiro atoms. The minimum absolute atomic E-state index is 0.119. The highest BCUT2D eigenvalue weighted by Crippen LogP contribution is 2.44. The lowest BCUT2D eigenvalue weighted by molar-refractivity contribution is -0.0511. The molecule has 4 atom stereocenters. The molecule has 14 heteroatoms. The molecule has 0 aliphatic carbocycles. The lowest BCUT2D eigenvalue weighted by Gasteiger charge is -2.20. The molecule has 1 saturated heterocycles. The van der Waals surface area contributed by atoms with Crippen molar-refractivity contribution in [2.45, 2.75) is 24.5 Å². The van der Waals surface area contributed by atoms with Gasteiger partial charge in [0.2, 0.25) is 0 Å². The maximum Gasteiger partial charge on any atom is 0.470 e. The van der Waals surface area contributed by atoms with Crippen LogP contribution in [0.4, 0.5) is 5.82 Å². The second-order valence-corrected chi connectivity index (χ2v) is 6.65. The first kappa shape index (κ1) is 17.9. The summed E-state index contributed by atoms with van der Waals surface area (Å²) >= 11 is 0. The number of fused-ring (bicyclic) bond motifs is 1. The highest BCUT2D eigenvalue weighted by Gasteiger charge is 2.48. The number of nitrogens with two attached hydrogens (primary N) is 1. The molecule has 138 valence electrons. The minimum Gasteiger partial charge on any atom is -0.394 e. The first-order valence-corrected chi connectivity index (χ1v) is 8.54. The van der Waals surface area contributed by atoms with E-state index in [4.69, 9.17) is 20.3 Å². The van der Waals surface area contributed by atoms with Crippen LogP contribution in [0.2, 0.25) is 0 Å². The summed E-state index contributed by atoms with van der Waals surface area (Å²) in [5.41, 5.74) is 5.35. The van der Waals surface area contributed by atoms with E-state index in [0.29, 0.717) is 0 Å². The molecule has 2 aromatic heterocycles. The Morgan fingerprint density at radius 1 is 1.48 bits per heavy atom. The molecule has 3 rings (SSSR count). The molecule has 0 unspecified atom stereocenters. The summed E-state index contributed by atoms with van der Waals surface area (Å²) in [6, 6.07) is 0. The number of imidazole rings is 1.